The first-order chi connectivity index (χ1) is 7.19. The molecule has 0 radical (unpaired) electrons. The van der Waals surface area contributed by atoms with Gasteiger partial charge in [0, 0.05) is 18.4 Å². The summed E-state index contributed by atoms with van der Waals surface area (Å²) in [7, 11) is 0. The molecule has 1 saturated carbocycles. The van der Waals surface area contributed by atoms with Crippen LogP contribution in [0.3, 0.4) is 0 Å². The SMILES string of the molecule is CCOC1CCC(C(=O)[C@H](C)CC)CC1. The molecule has 1 aliphatic carbocycles. The van der Waals surface area contributed by atoms with Crippen LogP contribution in [0.25, 0.3) is 0 Å². The molecule has 0 bridgehead atoms. The van der Waals surface area contributed by atoms with Crippen LogP contribution >= 0.6 is 0 Å². The number of Topliss-reactive ketones (excluding diaryl/α,β-unsaturated/α-hetero) is 1. The number of carbonyl (C=O) groups excluding carboxylic acids is 1. The summed E-state index contributed by atoms with van der Waals surface area (Å²) in [6.07, 6.45) is 5.60. The van der Waals surface area contributed by atoms with Gasteiger partial charge in [0.1, 0.15) is 5.78 Å². The van der Waals surface area contributed by atoms with Gasteiger partial charge in [-0.05, 0) is 39.0 Å². The second-order valence-electron chi connectivity index (χ2n) is 4.64. The molecule has 1 aliphatic rings. The standard InChI is InChI=1S/C13H24O2/c1-4-10(3)13(14)11-6-8-12(9-7-11)15-5-2/h10-12H,4-9H2,1-3H3/t10-,11?,12?/m1/s1. The van der Waals surface area contributed by atoms with Crippen molar-refractivity contribution in [2.24, 2.45) is 11.8 Å². The van der Waals surface area contributed by atoms with Gasteiger partial charge in [-0.1, -0.05) is 13.8 Å². The number of rotatable bonds is 5. The monoisotopic (exact) mass is 212 g/mol. The van der Waals surface area contributed by atoms with Crippen molar-refractivity contribution in [1.29, 1.82) is 0 Å². The van der Waals surface area contributed by atoms with Gasteiger partial charge in [0.15, 0.2) is 0 Å². The van der Waals surface area contributed by atoms with E-state index >= 15 is 0 Å². The molecule has 1 fully saturated rings. The van der Waals surface area contributed by atoms with Crippen molar-refractivity contribution in [3.8, 4) is 0 Å². The Labute approximate surface area is 93.4 Å². The van der Waals surface area contributed by atoms with Gasteiger partial charge in [0.25, 0.3) is 0 Å². The van der Waals surface area contributed by atoms with Crippen molar-refractivity contribution in [3.05, 3.63) is 0 Å². The third-order valence-corrected chi connectivity index (χ3v) is 3.58. The molecule has 1 atom stereocenters. The molecule has 0 heterocycles. The van der Waals surface area contributed by atoms with E-state index in [0.717, 1.165) is 38.7 Å². The molecule has 2 nitrogen and oxygen atoms in total. The second-order valence-corrected chi connectivity index (χ2v) is 4.64. The van der Waals surface area contributed by atoms with Gasteiger partial charge < -0.3 is 4.74 Å². The molecular formula is C13H24O2. The molecule has 0 aromatic rings. The van der Waals surface area contributed by atoms with E-state index in [1.807, 2.05) is 6.92 Å². The Hall–Kier alpha value is -0.370. The number of ketones is 1. The molecule has 0 aromatic carbocycles. The topological polar surface area (TPSA) is 26.3 Å². The van der Waals surface area contributed by atoms with Gasteiger partial charge >= 0.3 is 0 Å². The highest BCUT2D eigenvalue weighted by atomic mass is 16.5. The van der Waals surface area contributed by atoms with E-state index in [2.05, 4.69) is 13.8 Å². The molecule has 0 aliphatic heterocycles. The Morgan fingerprint density at radius 2 is 1.87 bits per heavy atom. The van der Waals surface area contributed by atoms with Crippen molar-refractivity contribution < 1.29 is 9.53 Å². The average molecular weight is 212 g/mol. The lowest BCUT2D eigenvalue weighted by molar-refractivity contribution is -0.128. The molecule has 0 amide bonds. The molecule has 2 heteroatoms. The normalized spacial score (nSPS) is 28.7. The fourth-order valence-corrected chi connectivity index (χ4v) is 2.35. The van der Waals surface area contributed by atoms with Crippen molar-refractivity contribution in [2.45, 2.75) is 59.0 Å². The van der Waals surface area contributed by atoms with Gasteiger partial charge in [-0.3, -0.25) is 4.79 Å². The van der Waals surface area contributed by atoms with Gasteiger partial charge in [-0.25, -0.2) is 0 Å². The van der Waals surface area contributed by atoms with Crippen LogP contribution in [-0.4, -0.2) is 18.5 Å². The van der Waals surface area contributed by atoms with E-state index in [9.17, 15) is 4.79 Å². The minimum atomic E-state index is 0.249. The Kier molecular flexibility index (Phi) is 5.30. The molecule has 0 aromatic heterocycles. The highest BCUT2D eigenvalue weighted by Gasteiger charge is 2.28. The summed E-state index contributed by atoms with van der Waals surface area (Å²) in [4.78, 5) is 12.0. The lowest BCUT2D eigenvalue weighted by Gasteiger charge is -2.28. The van der Waals surface area contributed by atoms with E-state index in [0.29, 0.717) is 17.8 Å². The van der Waals surface area contributed by atoms with E-state index in [1.165, 1.54) is 0 Å². The maximum atomic E-state index is 12.0. The Morgan fingerprint density at radius 1 is 1.27 bits per heavy atom. The summed E-state index contributed by atoms with van der Waals surface area (Å²) in [5, 5.41) is 0. The quantitative estimate of drug-likeness (QED) is 0.699. The Balaban J connectivity index is 2.33. The van der Waals surface area contributed by atoms with Crippen LogP contribution in [0.1, 0.15) is 52.9 Å². The summed E-state index contributed by atoms with van der Waals surface area (Å²) in [5.41, 5.74) is 0. The molecule has 0 spiro atoms. The fourth-order valence-electron chi connectivity index (χ4n) is 2.35. The number of hydrogen-bond acceptors (Lipinski definition) is 2. The molecule has 0 N–H and O–H groups in total. The summed E-state index contributed by atoms with van der Waals surface area (Å²) in [6.45, 7) is 6.98. The van der Waals surface area contributed by atoms with Crippen LogP contribution < -0.4 is 0 Å². The van der Waals surface area contributed by atoms with Crippen molar-refractivity contribution in [3.63, 3.8) is 0 Å². The highest BCUT2D eigenvalue weighted by molar-refractivity contribution is 5.83. The zero-order valence-electron chi connectivity index (χ0n) is 10.3. The first kappa shape index (κ1) is 12.7. The molecule has 88 valence electrons. The summed E-state index contributed by atoms with van der Waals surface area (Å²) in [5.74, 6) is 1.04. The average Bonchev–Trinajstić information content (AvgIpc) is 2.28. The van der Waals surface area contributed by atoms with E-state index < -0.39 is 0 Å². The first-order valence-electron chi connectivity index (χ1n) is 6.34. The molecule has 1 rings (SSSR count). The number of ether oxygens (including phenoxy) is 1. The smallest absolute Gasteiger partial charge is 0.138 e. The Bertz CT molecular complexity index is 193. The second kappa shape index (κ2) is 6.26. The van der Waals surface area contributed by atoms with Crippen LogP contribution in [0.5, 0.6) is 0 Å². The first-order valence-corrected chi connectivity index (χ1v) is 6.34. The maximum absolute atomic E-state index is 12.0. The van der Waals surface area contributed by atoms with Crippen LogP contribution in [0, 0.1) is 11.8 Å². The molecule has 0 unspecified atom stereocenters. The van der Waals surface area contributed by atoms with Gasteiger partial charge in [-0.2, -0.15) is 0 Å². The molecule has 15 heavy (non-hydrogen) atoms. The van der Waals surface area contributed by atoms with E-state index in [1.54, 1.807) is 0 Å². The zero-order chi connectivity index (χ0) is 11.3. The lowest BCUT2D eigenvalue weighted by Crippen LogP contribution is -2.29. The summed E-state index contributed by atoms with van der Waals surface area (Å²) >= 11 is 0. The van der Waals surface area contributed by atoms with Crippen LogP contribution in [-0.2, 0) is 9.53 Å². The lowest BCUT2D eigenvalue weighted by atomic mass is 9.80. The minimum absolute atomic E-state index is 0.249. The predicted octanol–water partition coefficient (Wildman–Crippen LogP) is 3.20. The predicted molar refractivity (Wildman–Crippen MR) is 61.8 cm³/mol. The minimum Gasteiger partial charge on any atom is -0.379 e. The number of carbonyl (C=O) groups is 1. The third kappa shape index (κ3) is 3.60. The van der Waals surface area contributed by atoms with Crippen molar-refractivity contribution >= 4 is 5.78 Å². The highest BCUT2D eigenvalue weighted by Crippen LogP contribution is 2.29. The van der Waals surface area contributed by atoms with Gasteiger partial charge in [0.05, 0.1) is 6.10 Å². The van der Waals surface area contributed by atoms with Crippen LogP contribution in [0.15, 0.2) is 0 Å². The van der Waals surface area contributed by atoms with Crippen LogP contribution in [0.4, 0.5) is 0 Å². The Morgan fingerprint density at radius 3 is 2.33 bits per heavy atom. The third-order valence-electron chi connectivity index (χ3n) is 3.58. The van der Waals surface area contributed by atoms with Crippen LogP contribution in [0.2, 0.25) is 0 Å². The van der Waals surface area contributed by atoms with E-state index in [4.69, 9.17) is 4.74 Å². The molecule has 0 saturated heterocycles. The molecular weight excluding hydrogens is 188 g/mol. The zero-order valence-corrected chi connectivity index (χ0v) is 10.3. The summed E-state index contributed by atoms with van der Waals surface area (Å²) in [6, 6.07) is 0. The van der Waals surface area contributed by atoms with Gasteiger partial charge in [-0.15, -0.1) is 0 Å². The van der Waals surface area contributed by atoms with Gasteiger partial charge in [0.2, 0.25) is 0 Å². The maximum Gasteiger partial charge on any atom is 0.138 e. The summed E-state index contributed by atoms with van der Waals surface area (Å²) < 4.78 is 5.59. The fraction of sp³-hybridized carbons (Fsp3) is 0.923. The van der Waals surface area contributed by atoms with E-state index in [-0.39, 0.29) is 5.92 Å². The van der Waals surface area contributed by atoms with Crippen molar-refractivity contribution in [1.82, 2.24) is 0 Å². The number of hydrogen-bond donors (Lipinski definition) is 0. The van der Waals surface area contributed by atoms with Crippen molar-refractivity contribution in [2.75, 3.05) is 6.61 Å². The largest absolute Gasteiger partial charge is 0.379 e.